The lowest BCUT2D eigenvalue weighted by atomic mass is 10.1. The number of carbonyl (C=O) groups excluding carboxylic acids is 2. The Morgan fingerprint density at radius 3 is 2.56 bits per heavy atom. The molecule has 0 aliphatic carbocycles. The minimum absolute atomic E-state index is 0.152. The summed E-state index contributed by atoms with van der Waals surface area (Å²) in [7, 11) is 1.58. The van der Waals surface area contributed by atoms with Crippen molar-refractivity contribution in [1.82, 2.24) is 5.32 Å². The standard InChI is InChI=1S/C13H19N3O2/c1-4-10(14)13(18)16-11-6-5-9(7-8(11)2)12(17)15-3/h5-7,10H,4,14H2,1-3H3,(H,15,17)(H,16,18)/t10-/m1/s1. The number of anilines is 1. The van der Waals surface area contributed by atoms with Gasteiger partial charge in [-0.25, -0.2) is 0 Å². The molecule has 0 aliphatic heterocycles. The highest BCUT2D eigenvalue weighted by molar-refractivity contribution is 5.97. The zero-order valence-corrected chi connectivity index (χ0v) is 10.9. The Morgan fingerprint density at radius 1 is 1.39 bits per heavy atom. The van der Waals surface area contributed by atoms with Crippen molar-refractivity contribution in [3.05, 3.63) is 29.3 Å². The van der Waals surface area contributed by atoms with Gasteiger partial charge in [-0.15, -0.1) is 0 Å². The fourth-order valence-corrected chi connectivity index (χ4v) is 1.50. The number of amides is 2. The van der Waals surface area contributed by atoms with E-state index in [0.717, 1.165) is 5.56 Å². The van der Waals surface area contributed by atoms with Gasteiger partial charge in [0.25, 0.3) is 5.91 Å². The molecule has 98 valence electrons. The summed E-state index contributed by atoms with van der Waals surface area (Å²) in [6.07, 6.45) is 0.585. The number of aryl methyl sites for hydroxylation is 1. The van der Waals surface area contributed by atoms with E-state index in [2.05, 4.69) is 10.6 Å². The molecular weight excluding hydrogens is 230 g/mol. The topological polar surface area (TPSA) is 84.2 Å². The van der Waals surface area contributed by atoms with Crippen molar-refractivity contribution in [3.8, 4) is 0 Å². The molecule has 0 aromatic heterocycles. The average molecular weight is 249 g/mol. The predicted molar refractivity (Wildman–Crippen MR) is 71.5 cm³/mol. The minimum Gasteiger partial charge on any atom is -0.355 e. The first kappa shape index (κ1) is 14.2. The van der Waals surface area contributed by atoms with Gasteiger partial charge in [0.15, 0.2) is 0 Å². The summed E-state index contributed by atoms with van der Waals surface area (Å²) in [6.45, 7) is 3.69. The van der Waals surface area contributed by atoms with Gasteiger partial charge in [0.1, 0.15) is 0 Å². The van der Waals surface area contributed by atoms with Gasteiger partial charge in [0.2, 0.25) is 5.91 Å². The molecule has 5 nitrogen and oxygen atoms in total. The van der Waals surface area contributed by atoms with E-state index in [9.17, 15) is 9.59 Å². The first-order valence-electron chi connectivity index (χ1n) is 5.88. The molecule has 1 aromatic carbocycles. The van der Waals surface area contributed by atoms with Crippen LogP contribution in [0.2, 0.25) is 0 Å². The van der Waals surface area contributed by atoms with Gasteiger partial charge >= 0.3 is 0 Å². The van der Waals surface area contributed by atoms with Gasteiger partial charge in [-0.05, 0) is 37.1 Å². The Bertz CT molecular complexity index is 458. The maximum Gasteiger partial charge on any atom is 0.251 e. The Hall–Kier alpha value is -1.88. The number of carbonyl (C=O) groups is 2. The van der Waals surface area contributed by atoms with E-state index in [-0.39, 0.29) is 11.8 Å². The molecule has 0 bridgehead atoms. The maximum absolute atomic E-state index is 11.7. The van der Waals surface area contributed by atoms with Crippen LogP contribution in [-0.4, -0.2) is 24.9 Å². The molecule has 2 amide bonds. The van der Waals surface area contributed by atoms with E-state index in [1.807, 2.05) is 13.8 Å². The van der Waals surface area contributed by atoms with Crippen molar-refractivity contribution in [3.63, 3.8) is 0 Å². The smallest absolute Gasteiger partial charge is 0.251 e. The van der Waals surface area contributed by atoms with E-state index >= 15 is 0 Å². The second-order valence-corrected chi connectivity index (χ2v) is 4.11. The van der Waals surface area contributed by atoms with Crippen molar-refractivity contribution in [2.75, 3.05) is 12.4 Å². The van der Waals surface area contributed by atoms with Crippen LogP contribution in [0.3, 0.4) is 0 Å². The van der Waals surface area contributed by atoms with Crippen molar-refractivity contribution >= 4 is 17.5 Å². The molecule has 1 aromatic rings. The molecule has 0 unspecified atom stereocenters. The van der Waals surface area contributed by atoms with Crippen molar-refractivity contribution in [2.24, 2.45) is 5.73 Å². The Balaban J connectivity index is 2.86. The van der Waals surface area contributed by atoms with Gasteiger partial charge < -0.3 is 16.4 Å². The van der Waals surface area contributed by atoms with E-state index in [1.54, 1.807) is 25.2 Å². The molecule has 0 heterocycles. The van der Waals surface area contributed by atoms with Gasteiger partial charge in [0.05, 0.1) is 6.04 Å². The van der Waals surface area contributed by atoms with Crippen LogP contribution in [0.4, 0.5) is 5.69 Å². The Labute approximate surface area is 107 Å². The molecule has 0 saturated heterocycles. The molecule has 1 atom stereocenters. The van der Waals surface area contributed by atoms with Crippen LogP contribution in [0, 0.1) is 6.92 Å². The number of rotatable bonds is 4. The highest BCUT2D eigenvalue weighted by atomic mass is 16.2. The van der Waals surface area contributed by atoms with Gasteiger partial charge in [-0.3, -0.25) is 9.59 Å². The lowest BCUT2D eigenvalue weighted by Crippen LogP contribution is -2.35. The third-order valence-corrected chi connectivity index (χ3v) is 2.75. The molecule has 0 fully saturated rings. The normalized spacial score (nSPS) is 11.8. The number of benzene rings is 1. The highest BCUT2D eigenvalue weighted by Crippen LogP contribution is 2.16. The van der Waals surface area contributed by atoms with Crippen molar-refractivity contribution in [1.29, 1.82) is 0 Å². The van der Waals surface area contributed by atoms with Crippen LogP contribution in [0.5, 0.6) is 0 Å². The largest absolute Gasteiger partial charge is 0.355 e. The molecule has 0 saturated carbocycles. The second-order valence-electron chi connectivity index (χ2n) is 4.11. The van der Waals surface area contributed by atoms with Crippen LogP contribution in [0.25, 0.3) is 0 Å². The average Bonchev–Trinajstić information content (AvgIpc) is 2.38. The highest BCUT2D eigenvalue weighted by Gasteiger charge is 2.13. The van der Waals surface area contributed by atoms with Crippen LogP contribution >= 0.6 is 0 Å². The van der Waals surface area contributed by atoms with Gasteiger partial charge in [-0.2, -0.15) is 0 Å². The van der Waals surface area contributed by atoms with E-state index in [4.69, 9.17) is 5.73 Å². The third kappa shape index (κ3) is 3.30. The first-order chi connectivity index (χ1) is 8.49. The Kier molecular flexibility index (Phi) is 4.85. The van der Waals surface area contributed by atoms with Gasteiger partial charge in [0, 0.05) is 18.3 Å². The number of hydrogen-bond donors (Lipinski definition) is 3. The minimum atomic E-state index is -0.511. The fourth-order valence-electron chi connectivity index (χ4n) is 1.50. The number of hydrogen-bond acceptors (Lipinski definition) is 3. The van der Waals surface area contributed by atoms with Gasteiger partial charge in [-0.1, -0.05) is 6.92 Å². The zero-order chi connectivity index (χ0) is 13.7. The summed E-state index contributed by atoms with van der Waals surface area (Å²) in [5.74, 6) is -0.366. The molecule has 5 heteroatoms. The summed E-state index contributed by atoms with van der Waals surface area (Å²) in [6, 6.07) is 4.59. The van der Waals surface area contributed by atoms with Crippen LogP contribution in [0.1, 0.15) is 29.3 Å². The molecule has 0 spiro atoms. The second kappa shape index (κ2) is 6.16. The SMILES string of the molecule is CC[C@@H](N)C(=O)Nc1ccc(C(=O)NC)cc1C. The summed E-state index contributed by atoms with van der Waals surface area (Å²) in [4.78, 5) is 23.1. The van der Waals surface area contributed by atoms with E-state index in [0.29, 0.717) is 17.7 Å². The Morgan fingerprint density at radius 2 is 2.06 bits per heavy atom. The quantitative estimate of drug-likeness (QED) is 0.745. The number of nitrogens with two attached hydrogens (primary N) is 1. The first-order valence-corrected chi connectivity index (χ1v) is 5.88. The molecular formula is C13H19N3O2. The lowest BCUT2D eigenvalue weighted by molar-refractivity contribution is -0.117. The summed E-state index contributed by atoms with van der Waals surface area (Å²) in [5, 5.41) is 5.30. The third-order valence-electron chi connectivity index (χ3n) is 2.75. The molecule has 18 heavy (non-hydrogen) atoms. The fraction of sp³-hybridized carbons (Fsp3) is 0.385. The van der Waals surface area contributed by atoms with E-state index in [1.165, 1.54) is 0 Å². The summed E-state index contributed by atoms with van der Waals surface area (Å²) >= 11 is 0. The maximum atomic E-state index is 11.7. The molecule has 4 N–H and O–H groups in total. The van der Waals surface area contributed by atoms with Crippen LogP contribution < -0.4 is 16.4 Å². The van der Waals surface area contributed by atoms with Crippen molar-refractivity contribution < 1.29 is 9.59 Å². The van der Waals surface area contributed by atoms with Crippen LogP contribution in [0.15, 0.2) is 18.2 Å². The summed E-state index contributed by atoms with van der Waals surface area (Å²) < 4.78 is 0. The number of nitrogens with one attached hydrogen (secondary N) is 2. The monoisotopic (exact) mass is 249 g/mol. The summed E-state index contributed by atoms with van der Waals surface area (Å²) in [5.41, 5.74) is 7.70. The van der Waals surface area contributed by atoms with Crippen LogP contribution in [-0.2, 0) is 4.79 Å². The molecule has 0 radical (unpaired) electrons. The zero-order valence-electron chi connectivity index (χ0n) is 10.9. The predicted octanol–water partition coefficient (Wildman–Crippen LogP) is 1.03. The van der Waals surface area contributed by atoms with Crippen molar-refractivity contribution in [2.45, 2.75) is 26.3 Å². The van der Waals surface area contributed by atoms with E-state index < -0.39 is 6.04 Å². The molecule has 0 aliphatic rings. The lowest BCUT2D eigenvalue weighted by Gasteiger charge is -2.12. The molecule has 1 rings (SSSR count).